The topological polar surface area (TPSA) is 75.9 Å². The predicted octanol–water partition coefficient (Wildman–Crippen LogP) is 3.97. The average Bonchev–Trinajstić information content (AvgIpc) is 3.32. The van der Waals surface area contributed by atoms with Gasteiger partial charge in [-0.1, -0.05) is 11.8 Å². The molecule has 1 saturated carbocycles. The number of anilines is 1. The lowest BCUT2D eigenvalue weighted by atomic mass is 10.0. The van der Waals surface area contributed by atoms with Crippen molar-refractivity contribution in [1.29, 1.82) is 0 Å². The van der Waals surface area contributed by atoms with Crippen molar-refractivity contribution in [1.82, 2.24) is 4.98 Å². The van der Waals surface area contributed by atoms with Gasteiger partial charge in [-0.2, -0.15) is 0 Å². The molecule has 146 valence electrons. The van der Waals surface area contributed by atoms with E-state index >= 15 is 0 Å². The first kappa shape index (κ1) is 18.1. The number of carbonyl (C=O) groups is 1. The van der Waals surface area contributed by atoms with Crippen molar-refractivity contribution in [3.05, 3.63) is 22.2 Å². The lowest BCUT2D eigenvalue weighted by Crippen LogP contribution is -2.35. The van der Waals surface area contributed by atoms with E-state index < -0.39 is 11.7 Å². The molecule has 28 heavy (non-hydrogen) atoms. The van der Waals surface area contributed by atoms with Crippen molar-refractivity contribution in [2.75, 3.05) is 25.6 Å². The highest BCUT2D eigenvalue weighted by Gasteiger charge is 2.42. The van der Waals surface area contributed by atoms with E-state index in [4.69, 9.17) is 4.74 Å². The summed E-state index contributed by atoms with van der Waals surface area (Å²) < 4.78 is 31.7. The normalized spacial score (nSPS) is 22.6. The lowest BCUT2D eigenvalue weighted by Gasteiger charge is -2.19. The summed E-state index contributed by atoms with van der Waals surface area (Å²) in [6.07, 6.45) is -0.686. The standard InChI is InChI=1S/C18H16F2N4O2S2/c1-26-5-4-21-18-24-12-13-11(23-16(25)14(12)28-18)10-8(7-2-3-7)6-9(15(19)20)22-17(10)27-13/h6-7,14-15H,2-5H2,1H3,(H,23,25). The number of thioether (sulfide) groups is 1. The van der Waals surface area contributed by atoms with Crippen LogP contribution in [-0.4, -0.2) is 47.3 Å². The first-order chi connectivity index (χ1) is 13.6. The van der Waals surface area contributed by atoms with Crippen molar-refractivity contribution in [2.24, 2.45) is 9.98 Å². The van der Waals surface area contributed by atoms with E-state index in [2.05, 4.69) is 20.3 Å². The number of nitrogens with zero attached hydrogens (tertiary/aromatic N) is 3. The number of nitrogens with one attached hydrogen (secondary N) is 1. The van der Waals surface area contributed by atoms with Gasteiger partial charge in [-0.25, -0.2) is 18.8 Å². The minimum absolute atomic E-state index is 0.160. The maximum atomic E-state index is 13.3. The number of fused-ring (bicyclic) bond motifs is 5. The molecule has 0 spiro atoms. The molecule has 0 saturated heterocycles. The molecule has 2 aromatic heterocycles. The number of ether oxygens (including phenoxy) is 1. The molecule has 2 aliphatic heterocycles. The Morgan fingerprint density at radius 1 is 1.43 bits per heavy atom. The summed E-state index contributed by atoms with van der Waals surface area (Å²) in [5, 5.41) is 3.84. The number of amidine groups is 1. The SMILES string of the molecule is COCCN=C1N=C2c3sc4nc(C(F)F)cc(C5CC5)c4c3NC(=O)C2S1. The summed E-state index contributed by atoms with van der Waals surface area (Å²) in [4.78, 5) is 27.1. The smallest absolute Gasteiger partial charge is 0.280 e. The number of hydrogen-bond acceptors (Lipinski definition) is 6. The molecule has 1 amide bonds. The zero-order valence-corrected chi connectivity index (χ0v) is 16.5. The van der Waals surface area contributed by atoms with Crippen LogP contribution in [0.3, 0.4) is 0 Å². The van der Waals surface area contributed by atoms with Crippen molar-refractivity contribution in [3.8, 4) is 0 Å². The van der Waals surface area contributed by atoms with Gasteiger partial charge in [0.1, 0.15) is 15.8 Å². The Morgan fingerprint density at radius 2 is 2.25 bits per heavy atom. The van der Waals surface area contributed by atoms with Gasteiger partial charge in [0.2, 0.25) is 5.91 Å². The highest BCUT2D eigenvalue weighted by Crippen LogP contribution is 2.50. The molecule has 5 rings (SSSR count). The Hall–Kier alpha value is -1.91. The minimum atomic E-state index is -2.62. The number of alkyl halides is 2. The first-order valence-electron chi connectivity index (χ1n) is 8.92. The molecule has 4 heterocycles. The summed E-state index contributed by atoms with van der Waals surface area (Å²) in [6.45, 7) is 0.944. The van der Waals surface area contributed by atoms with E-state index in [-0.39, 0.29) is 17.5 Å². The van der Waals surface area contributed by atoms with Gasteiger partial charge >= 0.3 is 0 Å². The van der Waals surface area contributed by atoms with Crippen molar-refractivity contribution >= 4 is 55.8 Å². The van der Waals surface area contributed by atoms with Crippen molar-refractivity contribution in [3.63, 3.8) is 0 Å². The third kappa shape index (κ3) is 2.94. The molecule has 2 aromatic rings. The fourth-order valence-corrected chi connectivity index (χ4v) is 5.71. The van der Waals surface area contributed by atoms with Gasteiger partial charge in [-0.05, 0) is 30.4 Å². The summed E-state index contributed by atoms with van der Waals surface area (Å²) in [6, 6.07) is 1.50. The van der Waals surface area contributed by atoms with Gasteiger partial charge in [0.25, 0.3) is 6.43 Å². The molecule has 0 bridgehead atoms. The summed E-state index contributed by atoms with van der Waals surface area (Å²) in [5.41, 5.74) is 1.95. The van der Waals surface area contributed by atoms with E-state index in [9.17, 15) is 13.6 Å². The second-order valence-electron chi connectivity index (χ2n) is 6.84. The Labute approximate surface area is 167 Å². The monoisotopic (exact) mass is 422 g/mol. The van der Waals surface area contributed by atoms with Crippen LogP contribution in [0, 0.1) is 0 Å². The zero-order chi connectivity index (χ0) is 19.4. The van der Waals surface area contributed by atoms with Crippen LogP contribution >= 0.6 is 23.1 Å². The summed E-state index contributed by atoms with van der Waals surface area (Å²) in [5.74, 6) is 0.0926. The van der Waals surface area contributed by atoms with Gasteiger partial charge in [-0.15, -0.1) is 11.3 Å². The van der Waals surface area contributed by atoms with Crippen LogP contribution in [0.25, 0.3) is 10.2 Å². The highest BCUT2D eigenvalue weighted by atomic mass is 32.2. The molecule has 1 unspecified atom stereocenters. The molecule has 1 fully saturated rings. The van der Waals surface area contributed by atoms with Crippen LogP contribution in [0.4, 0.5) is 14.5 Å². The maximum absolute atomic E-state index is 13.3. The first-order valence-corrected chi connectivity index (χ1v) is 10.6. The Balaban J connectivity index is 1.65. The van der Waals surface area contributed by atoms with E-state index in [1.54, 1.807) is 7.11 Å². The van der Waals surface area contributed by atoms with E-state index in [1.165, 1.54) is 29.2 Å². The highest BCUT2D eigenvalue weighted by molar-refractivity contribution is 8.16. The number of thiophene rings is 1. The summed E-state index contributed by atoms with van der Waals surface area (Å²) in [7, 11) is 1.60. The van der Waals surface area contributed by atoms with E-state index in [0.717, 1.165) is 28.7 Å². The second kappa shape index (κ2) is 6.85. The fraction of sp³-hybridized carbons (Fsp3) is 0.444. The van der Waals surface area contributed by atoms with Gasteiger partial charge in [0.05, 0.1) is 29.4 Å². The van der Waals surface area contributed by atoms with Gasteiger partial charge in [-0.3, -0.25) is 9.79 Å². The molecule has 1 aliphatic carbocycles. The number of amides is 1. The Morgan fingerprint density at radius 3 is 2.96 bits per heavy atom. The number of carbonyl (C=O) groups excluding carboxylic acids is 1. The number of pyridine rings is 1. The molecule has 0 aromatic carbocycles. The predicted molar refractivity (Wildman–Crippen MR) is 107 cm³/mol. The average molecular weight is 422 g/mol. The third-order valence-corrected chi connectivity index (χ3v) is 7.11. The number of methoxy groups -OCH3 is 1. The third-order valence-electron chi connectivity index (χ3n) is 4.90. The maximum Gasteiger partial charge on any atom is 0.280 e. The van der Waals surface area contributed by atoms with E-state index in [0.29, 0.717) is 34.5 Å². The number of rotatable bonds is 5. The lowest BCUT2D eigenvalue weighted by molar-refractivity contribution is -0.114. The molecule has 1 atom stereocenters. The quantitative estimate of drug-likeness (QED) is 0.740. The van der Waals surface area contributed by atoms with Crippen LogP contribution in [0.15, 0.2) is 16.1 Å². The largest absolute Gasteiger partial charge is 0.383 e. The Bertz CT molecular complexity index is 1050. The van der Waals surface area contributed by atoms with Crippen LogP contribution in [0.5, 0.6) is 0 Å². The van der Waals surface area contributed by atoms with Crippen molar-refractivity contribution in [2.45, 2.75) is 30.4 Å². The van der Waals surface area contributed by atoms with Crippen molar-refractivity contribution < 1.29 is 18.3 Å². The van der Waals surface area contributed by atoms with Gasteiger partial charge < -0.3 is 10.1 Å². The molecule has 10 heteroatoms. The number of halogens is 2. The van der Waals surface area contributed by atoms with Crippen LogP contribution in [-0.2, 0) is 9.53 Å². The zero-order valence-electron chi connectivity index (χ0n) is 14.9. The molecule has 3 aliphatic rings. The molecule has 0 radical (unpaired) electrons. The number of hydrogen-bond donors (Lipinski definition) is 1. The molecular weight excluding hydrogens is 406 g/mol. The minimum Gasteiger partial charge on any atom is -0.383 e. The van der Waals surface area contributed by atoms with Gasteiger partial charge in [0, 0.05) is 12.5 Å². The second-order valence-corrected chi connectivity index (χ2v) is 8.91. The van der Waals surface area contributed by atoms with Crippen LogP contribution in [0.2, 0.25) is 0 Å². The van der Waals surface area contributed by atoms with Crippen LogP contribution < -0.4 is 5.32 Å². The summed E-state index contributed by atoms with van der Waals surface area (Å²) >= 11 is 2.62. The molecular formula is C18H16F2N4O2S2. The fourth-order valence-electron chi connectivity index (χ4n) is 3.47. The van der Waals surface area contributed by atoms with Crippen LogP contribution in [0.1, 0.15) is 41.3 Å². The number of aromatic nitrogens is 1. The Kier molecular flexibility index (Phi) is 4.44. The molecule has 6 nitrogen and oxygen atoms in total. The van der Waals surface area contributed by atoms with Gasteiger partial charge in [0.15, 0.2) is 5.17 Å². The van der Waals surface area contributed by atoms with E-state index in [1.807, 2.05) is 0 Å². The number of aliphatic imine (C=N–C) groups is 2. The molecule has 1 N–H and O–H groups in total.